The molecule has 0 bridgehead atoms. The average Bonchev–Trinajstić information content (AvgIpc) is 2.84. The summed E-state index contributed by atoms with van der Waals surface area (Å²) in [6.45, 7) is 0. The predicted octanol–water partition coefficient (Wildman–Crippen LogP) is 2.95. The molecule has 0 unspecified atom stereocenters. The van der Waals surface area contributed by atoms with Crippen LogP contribution in [0, 0.1) is 5.92 Å². The third-order valence-electron chi connectivity index (χ3n) is 3.79. The van der Waals surface area contributed by atoms with Gasteiger partial charge in [-0.3, -0.25) is 4.79 Å². The van der Waals surface area contributed by atoms with Crippen molar-refractivity contribution < 1.29 is 13.2 Å². The quantitative estimate of drug-likeness (QED) is 0.931. The van der Waals surface area contributed by atoms with Gasteiger partial charge in [-0.1, -0.05) is 18.6 Å². The van der Waals surface area contributed by atoms with Gasteiger partial charge in [0.1, 0.15) is 0 Å². The van der Waals surface area contributed by atoms with Gasteiger partial charge in [-0.15, -0.1) is 11.3 Å². The van der Waals surface area contributed by atoms with Gasteiger partial charge in [0.15, 0.2) is 15.0 Å². The van der Waals surface area contributed by atoms with Gasteiger partial charge in [0.25, 0.3) is 0 Å². The van der Waals surface area contributed by atoms with E-state index in [1.807, 2.05) is 5.38 Å². The van der Waals surface area contributed by atoms with Crippen molar-refractivity contribution in [2.24, 2.45) is 5.92 Å². The minimum atomic E-state index is -3.19. The highest BCUT2D eigenvalue weighted by Crippen LogP contribution is 2.30. The molecule has 0 aliphatic heterocycles. The molecule has 1 fully saturated rings. The topological polar surface area (TPSA) is 76.1 Å². The molecule has 1 heterocycles. The minimum Gasteiger partial charge on any atom is -0.302 e. The van der Waals surface area contributed by atoms with Crippen LogP contribution in [0.4, 0.5) is 5.13 Å². The standard InChI is InChI=1S/C15H16N2O3S2/c1-22(19,20)12-7-5-10(6-8-12)13-9-21-15(16-13)17-14(18)11-3-2-4-11/h5-9,11H,2-4H2,1H3,(H,16,17,18). The monoisotopic (exact) mass is 336 g/mol. The number of carbonyl (C=O) groups excluding carboxylic acids is 1. The number of rotatable bonds is 4. The lowest BCUT2D eigenvalue weighted by Gasteiger charge is -2.23. The highest BCUT2D eigenvalue weighted by atomic mass is 32.2. The molecule has 1 aliphatic rings. The van der Waals surface area contributed by atoms with E-state index >= 15 is 0 Å². The summed E-state index contributed by atoms with van der Waals surface area (Å²) < 4.78 is 22.9. The Morgan fingerprint density at radius 2 is 1.95 bits per heavy atom. The largest absolute Gasteiger partial charge is 0.302 e. The van der Waals surface area contributed by atoms with Crippen molar-refractivity contribution in [1.29, 1.82) is 0 Å². The molecule has 1 amide bonds. The minimum absolute atomic E-state index is 0.0413. The summed E-state index contributed by atoms with van der Waals surface area (Å²) in [5.74, 6) is 0.168. The van der Waals surface area contributed by atoms with Crippen molar-refractivity contribution >= 4 is 32.2 Å². The van der Waals surface area contributed by atoms with Crippen molar-refractivity contribution in [2.75, 3.05) is 11.6 Å². The molecular formula is C15H16N2O3S2. The van der Waals surface area contributed by atoms with Crippen LogP contribution < -0.4 is 5.32 Å². The molecule has 1 aliphatic carbocycles. The number of aromatic nitrogens is 1. The maximum Gasteiger partial charge on any atom is 0.229 e. The fourth-order valence-electron chi connectivity index (χ4n) is 2.21. The highest BCUT2D eigenvalue weighted by Gasteiger charge is 2.25. The number of thiazole rings is 1. The molecule has 1 N–H and O–H groups in total. The van der Waals surface area contributed by atoms with Crippen molar-refractivity contribution in [3.63, 3.8) is 0 Å². The van der Waals surface area contributed by atoms with Crippen LogP contribution >= 0.6 is 11.3 Å². The molecule has 1 saturated carbocycles. The third-order valence-corrected chi connectivity index (χ3v) is 5.67. The van der Waals surface area contributed by atoms with Gasteiger partial charge in [0.05, 0.1) is 10.6 Å². The number of nitrogens with zero attached hydrogens (tertiary/aromatic N) is 1. The Balaban J connectivity index is 1.74. The van der Waals surface area contributed by atoms with E-state index < -0.39 is 9.84 Å². The van der Waals surface area contributed by atoms with Crippen LogP contribution in [-0.4, -0.2) is 25.6 Å². The molecule has 5 nitrogen and oxygen atoms in total. The number of nitrogens with one attached hydrogen (secondary N) is 1. The number of anilines is 1. The second-order valence-electron chi connectivity index (χ2n) is 5.45. The lowest BCUT2D eigenvalue weighted by molar-refractivity contribution is -0.122. The van der Waals surface area contributed by atoms with Gasteiger partial charge < -0.3 is 5.32 Å². The summed E-state index contributed by atoms with van der Waals surface area (Å²) in [6, 6.07) is 6.58. The predicted molar refractivity (Wildman–Crippen MR) is 86.6 cm³/mol. The second-order valence-corrected chi connectivity index (χ2v) is 8.33. The Morgan fingerprint density at radius 1 is 1.27 bits per heavy atom. The zero-order chi connectivity index (χ0) is 15.7. The zero-order valence-corrected chi connectivity index (χ0v) is 13.7. The Kier molecular flexibility index (Phi) is 4.01. The number of benzene rings is 1. The summed E-state index contributed by atoms with van der Waals surface area (Å²) in [7, 11) is -3.19. The van der Waals surface area contributed by atoms with E-state index in [1.54, 1.807) is 24.3 Å². The fraction of sp³-hybridized carbons (Fsp3) is 0.333. The van der Waals surface area contributed by atoms with Crippen molar-refractivity contribution in [1.82, 2.24) is 4.98 Å². The first-order valence-corrected chi connectivity index (χ1v) is 9.77. The number of amides is 1. The Bertz CT molecular complexity index is 790. The third kappa shape index (κ3) is 3.20. The first kappa shape index (κ1) is 15.2. The average molecular weight is 336 g/mol. The van der Waals surface area contributed by atoms with Crippen LogP contribution in [0.15, 0.2) is 34.5 Å². The van der Waals surface area contributed by atoms with Crippen LogP contribution in [0.5, 0.6) is 0 Å². The molecular weight excluding hydrogens is 320 g/mol. The molecule has 1 aromatic heterocycles. The number of hydrogen-bond acceptors (Lipinski definition) is 5. The van der Waals surface area contributed by atoms with E-state index in [0.717, 1.165) is 30.5 Å². The molecule has 22 heavy (non-hydrogen) atoms. The normalized spacial score (nSPS) is 15.3. The SMILES string of the molecule is CS(=O)(=O)c1ccc(-c2csc(NC(=O)C3CCC3)n2)cc1. The second kappa shape index (κ2) is 5.81. The highest BCUT2D eigenvalue weighted by molar-refractivity contribution is 7.90. The maximum absolute atomic E-state index is 11.9. The molecule has 2 aromatic rings. The van der Waals surface area contributed by atoms with E-state index in [0.29, 0.717) is 5.13 Å². The molecule has 3 rings (SSSR count). The van der Waals surface area contributed by atoms with Crippen LogP contribution in [0.25, 0.3) is 11.3 Å². The Labute approximate surface area is 133 Å². The summed E-state index contributed by atoms with van der Waals surface area (Å²) in [5, 5.41) is 5.28. The van der Waals surface area contributed by atoms with Crippen LogP contribution in [0.2, 0.25) is 0 Å². The lowest BCUT2D eigenvalue weighted by atomic mass is 9.85. The van der Waals surface area contributed by atoms with E-state index in [9.17, 15) is 13.2 Å². The van der Waals surface area contributed by atoms with Gasteiger partial charge in [-0.2, -0.15) is 0 Å². The van der Waals surface area contributed by atoms with Gasteiger partial charge in [-0.25, -0.2) is 13.4 Å². The van der Waals surface area contributed by atoms with Gasteiger partial charge in [-0.05, 0) is 25.0 Å². The van der Waals surface area contributed by atoms with Crippen molar-refractivity contribution in [3.8, 4) is 11.3 Å². The molecule has 116 valence electrons. The number of hydrogen-bond donors (Lipinski definition) is 1. The van der Waals surface area contributed by atoms with Crippen LogP contribution in [0.1, 0.15) is 19.3 Å². The van der Waals surface area contributed by atoms with E-state index in [4.69, 9.17) is 0 Å². The summed E-state index contributed by atoms with van der Waals surface area (Å²) >= 11 is 1.37. The smallest absolute Gasteiger partial charge is 0.229 e. The number of carbonyl (C=O) groups is 1. The summed E-state index contributed by atoms with van der Waals surface area (Å²) in [5.41, 5.74) is 1.56. The number of sulfone groups is 1. The van der Waals surface area contributed by atoms with E-state index in [2.05, 4.69) is 10.3 Å². The Morgan fingerprint density at radius 3 is 2.50 bits per heavy atom. The fourth-order valence-corrected chi connectivity index (χ4v) is 3.57. The first-order valence-electron chi connectivity index (χ1n) is 7.00. The summed E-state index contributed by atoms with van der Waals surface area (Å²) in [4.78, 5) is 16.6. The van der Waals surface area contributed by atoms with Crippen molar-refractivity contribution in [2.45, 2.75) is 24.2 Å². The first-order chi connectivity index (χ1) is 10.4. The molecule has 7 heteroatoms. The molecule has 1 aromatic carbocycles. The molecule has 0 spiro atoms. The lowest BCUT2D eigenvalue weighted by Crippen LogP contribution is -2.27. The molecule has 0 saturated heterocycles. The Hall–Kier alpha value is -1.73. The van der Waals surface area contributed by atoms with Crippen LogP contribution in [-0.2, 0) is 14.6 Å². The maximum atomic E-state index is 11.9. The van der Waals surface area contributed by atoms with E-state index in [1.165, 1.54) is 17.6 Å². The van der Waals surface area contributed by atoms with Crippen LogP contribution in [0.3, 0.4) is 0 Å². The van der Waals surface area contributed by atoms with E-state index in [-0.39, 0.29) is 16.7 Å². The van der Waals surface area contributed by atoms with Crippen molar-refractivity contribution in [3.05, 3.63) is 29.6 Å². The van der Waals surface area contributed by atoms with Gasteiger partial charge in [0.2, 0.25) is 5.91 Å². The molecule has 0 radical (unpaired) electrons. The van der Waals surface area contributed by atoms with Gasteiger partial charge >= 0.3 is 0 Å². The summed E-state index contributed by atoms with van der Waals surface area (Å²) in [6.07, 6.45) is 4.21. The molecule has 0 atom stereocenters. The van der Waals surface area contributed by atoms with Gasteiger partial charge in [0, 0.05) is 23.1 Å². The zero-order valence-electron chi connectivity index (χ0n) is 12.1.